The van der Waals surface area contributed by atoms with Crippen LogP contribution in [0.2, 0.25) is 0 Å². The van der Waals surface area contributed by atoms with E-state index in [1.807, 2.05) is 0 Å². The number of allylic oxidation sites excluding steroid dienone is 1. The Hall–Kier alpha value is -0.880. The Balaban J connectivity index is 0. The molecule has 0 unspecified atom stereocenters. The van der Waals surface area contributed by atoms with Crippen molar-refractivity contribution in [1.29, 1.82) is 5.26 Å². The number of hydrogen-bond donors (Lipinski definition) is 1. The molecular formula is C5H9ClN2O. The minimum atomic E-state index is 0. The van der Waals surface area contributed by atoms with Crippen LogP contribution in [0, 0.1) is 11.3 Å². The molecule has 0 fully saturated rings. The second kappa shape index (κ2) is 7.12. The fourth-order valence-corrected chi connectivity index (χ4v) is 0.272. The molecule has 0 aliphatic rings. The Kier molecular flexibility index (Phi) is 8.69. The molecule has 0 heterocycles. The lowest BCUT2D eigenvalue weighted by Crippen LogP contribution is -2.01. The molecule has 0 aliphatic heterocycles. The van der Waals surface area contributed by atoms with Gasteiger partial charge in [0.25, 0.3) is 0 Å². The normalized spacial score (nSPS) is 9.11. The van der Waals surface area contributed by atoms with Crippen molar-refractivity contribution in [3.63, 3.8) is 0 Å². The van der Waals surface area contributed by atoms with Crippen LogP contribution in [0.25, 0.3) is 0 Å². The first kappa shape index (κ1) is 11.0. The summed E-state index contributed by atoms with van der Waals surface area (Å²) in [6.45, 7) is 2.31. The van der Waals surface area contributed by atoms with Crippen LogP contribution in [0.4, 0.5) is 0 Å². The molecule has 3 nitrogen and oxygen atoms in total. The van der Waals surface area contributed by atoms with Crippen molar-refractivity contribution in [1.82, 2.24) is 0 Å². The minimum Gasteiger partial charge on any atom is -0.479 e. The molecule has 0 aromatic carbocycles. The number of nitrogens with two attached hydrogens (primary N) is 1. The van der Waals surface area contributed by atoms with Crippen molar-refractivity contribution >= 4 is 12.4 Å². The topological polar surface area (TPSA) is 59.0 Å². The highest BCUT2D eigenvalue weighted by Crippen LogP contribution is 1.82. The van der Waals surface area contributed by atoms with Gasteiger partial charge in [-0.1, -0.05) is 0 Å². The van der Waals surface area contributed by atoms with Crippen LogP contribution in [-0.2, 0) is 4.74 Å². The molecule has 0 aromatic rings. The van der Waals surface area contributed by atoms with Gasteiger partial charge in [0.05, 0.1) is 18.8 Å². The van der Waals surface area contributed by atoms with Crippen molar-refractivity contribution in [2.24, 2.45) is 5.73 Å². The van der Waals surface area contributed by atoms with Crippen LogP contribution in [0.5, 0.6) is 0 Å². The molecule has 0 saturated carbocycles. The average Bonchev–Trinajstić information content (AvgIpc) is 1.68. The highest BCUT2D eigenvalue weighted by Gasteiger charge is 1.81. The van der Waals surface area contributed by atoms with Gasteiger partial charge in [-0.25, -0.2) is 0 Å². The molecule has 0 bridgehead atoms. The second-order valence-electron chi connectivity index (χ2n) is 1.11. The predicted molar refractivity (Wildman–Crippen MR) is 36.8 cm³/mol. The summed E-state index contributed by atoms with van der Waals surface area (Å²) in [4.78, 5) is 0. The fourth-order valence-electron chi connectivity index (χ4n) is 0.272. The molecule has 0 saturated heterocycles. The maximum atomic E-state index is 7.98. The average molecular weight is 149 g/mol. The Labute approximate surface area is 60.5 Å². The van der Waals surface area contributed by atoms with Crippen LogP contribution >= 0.6 is 12.4 Å². The molecule has 2 N–H and O–H groups in total. The lowest BCUT2D eigenvalue weighted by molar-refractivity contribution is 0.226. The van der Waals surface area contributed by atoms with Crippen LogP contribution in [0.3, 0.4) is 0 Å². The van der Waals surface area contributed by atoms with E-state index < -0.39 is 0 Å². The molecule has 0 aliphatic carbocycles. The third kappa shape index (κ3) is 7.12. The quantitative estimate of drug-likeness (QED) is 0.465. The molecule has 0 amide bonds. The molecule has 52 valence electrons. The van der Waals surface area contributed by atoms with E-state index in [4.69, 9.17) is 15.7 Å². The number of ether oxygens (including phenoxy) is 1. The number of halogens is 1. The zero-order valence-corrected chi connectivity index (χ0v) is 5.94. The first-order valence-electron chi connectivity index (χ1n) is 2.29. The second-order valence-corrected chi connectivity index (χ2v) is 1.11. The van der Waals surface area contributed by atoms with Crippen LogP contribution in [-0.4, -0.2) is 6.61 Å². The molecule has 0 radical (unpaired) electrons. The number of nitriles is 1. The van der Waals surface area contributed by atoms with Crippen molar-refractivity contribution in [2.75, 3.05) is 6.61 Å². The highest BCUT2D eigenvalue weighted by molar-refractivity contribution is 5.85. The van der Waals surface area contributed by atoms with E-state index in [0.29, 0.717) is 6.61 Å². The van der Waals surface area contributed by atoms with Crippen LogP contribution in [0.15, 0.2) is 12.0 Å². The van der Waals surface area contributed by atoms with Crippen molar-refractivity contribution in [3.8, 4) is 6.07 Å². The summed E-state index contributed by atoms with van der Waals surface area (Å²) in [6.07, 6.45) is 1.16. The maximum absolute atomic E-state index is 7.98. The van der Waals surface area contributed by atoms with Gasteiger partial charge in [-0.3, -0.25) is 0 Å². The lowest BCUT2D eigenvalue weighted by atomic mass is 10.6. The molecule has 4 heteroatoms. The Morgan fingerprint density at radius 2 is 2.44 bits per heavy atom. The summed E-state index contributed by atoms with van der Waals surface area (Å²) in [5, 5.41) is 7.98. The zero-order valence-electron chi connectivity index (χ0n) is 5.13. The third-order valence-corrected chi connectivity index (χ3v) is 0.518. The first-order valence-corrected chi connectivity index (χ1v) is 2.29. The van der Waals surface area contributed by atoms with Gasteiger partial charge in [-0.15, -0.1) is 12.4 Å². The summed E-state index contributed by atoms with van der Waals surface area (Å²) in [5.74, 6) is 0.176. The van der Waals surface area contributed by atoms with E-state index in [9.17, 15) is 0 Å². The maximum Gasteiger partial charge on any atom is 0.194 e. The summed E-state index contributed by atoms with van der Waals surface area (Å²) in [7, 11) is 0. The van der Waals surface area contributed by atoms with Gasteiger partial charge in [-0.2, -0.15) is 5.26 Å². The number of nitrogens with zero attached hydrogens (tertiary/aromatic N) is 1. The zero-order chi connectivity index (χ0) is 6.41. The van der Waals surface area contributed by atoms with E-state index in [0.717, 1.165) is 6.08 Å². The lowest BCUT2D eigenvalue weighted by Gasteiger charge is -1.96. The smallest absolute Gasteiger partial charge is 0.194 e. The molecule has 0 spiro atoms. The molecular weight excluding hydrogens is 140 g/mol. The predicted octanol–water partition coefficient (Wildman–Crippen LogP) is 0.768. The largest absolute Gasteiger partial charge is 0.479 e. The Morgan fingerprint density at radius 3 is 2.78 bits per heavy atom. The summed E-state index contributed by atoms with van der Waals surface area (Å²) in [5.41, 5.74) is 5.11. The SMILES string of the molecule is CCO/C(N)=C/C#N.Cl. The molecule has 9 heavy (non-hydrogen) atoms. The molecule has 0 aromatic heterocycles. The van der Waals surface area contributed by atoms with Gasteiger partial charge < -0.3 is 10.5 Å². The van der Waals surface area contributed by atoms with E-state index in [-0.39, 0.29) is 18.3 Å². The monoisotopic (exact) mass is 148 g/mol. The first-order chi connectivity index (χ1) is 3.81. The van der Waals surface area contributed by atoms with Gasteiger partial charge in [0.1, 0.15) is 0 Å². The minimum absolute atomic E-state index is 0. The third-order valence-electron chi connectivity index (χ3n) is 0.518. The Bertz CT molecular complexity index is 127. The molecule has 0 atom stereocenters. The van der Waals surface area contributed by atoms with Crippen LogP contribution in [0.1, 0.15) is 6.92 Å². The fraction of sp³-hybridized carbons (Fsp3) is 0.400. The van der Waals surface area contributed by atoms with E-state index in [1.54, 1.807) is 13.0 Å². The number of rotatable bonds is 2. The van der Waals surface area contributed by atoms with Gasteiger partial charge in [-0.05, 0) is 6.92 Å². The Morgan fingerprint density at radius 1 is 1.89 bits per heavy atom. The number of hydrogen-bond acceptors (Lipinski definition) is 3. The van der Waals surface area contributed by atoms with Gasteiger partial charge in [0.2, 0.25) is 0 Å². The van der Waals surface area contributed by atoms with E-state index >= 15 is 0 Å². The highest BCUT2D eigenvalue weighted by atomic mass is 35.5. The molecule has 0 rings (SSSR count). The van der Waals surface area contributed by atoms with Crippen molar-refractivity contribution in [2.45, 2.75) is 6.92 Å². The van der Waals surface area contributed by atoms with Gasteiger partial charge in [0.15, 0.2) is 5.88 Å². The van der Waals surface area contributed by atoms with Crippen molar-refractivity contribution < 1.29 is 4.74 Å². The summed E-state index contributed by atoms with van der Waals surface area (Å²) < 4.78 is 4.70. The summed E-state index contributed by atoms with van der Waals surface area (Å²) >= 11 is 0. The summed E-state index contributed by atoms with van der Waals surface area (Å²) in [6, 6.07) is 1.74. The van der Waals surface area contributed by atoms with Gasteiger partial charge >= 0.3 is 0 Å². The van der Waals surface area contributed by atoms with Crippen molar-refractivity contribution in [3.05, 3.63) is 12.0 Å². The van der Waals surface area contributed by atoms with Gasteiger partial charge in [0, 0.05) is 0 Å². The van der Waals surface area contributed by atoms with E-state index in [2.05, 4.69) is 0 Å². The van der Waals surface area contributed by atoms with Crippen LogP contribution < -0.4 is 5.73 Å². The standard InChI is InChI=1S/C5H8N2O.ClH/c1-2-8-5(7)3-4-6;/h3H,2,7H2,1H3;1H/b5-3+;. The van der Waals surface area contributed by atoms with E-state index in [1.165, 1.54) is 0 Å².